The van der Waals surface area contributed by atoms with E-state index in [2.05, 4.69) is 12.6 Å². The number of carbonyl (C=O) groups excluding carboxylic acids is 2. The molecule has 0 amide bonds. The molecule has 4 nitrogen and oxygen atoms in total. The standard InChI is InChI=1S/C8H15O4SSi/c1-7(9)11-14(12-8(2)10)6-4-3-5-13/h13H,3-6H2,1-2H3. The second-order valence-electron chi connectivity index (χ2n) is 2.74. The van der Waals surface area contributed by atoms with E-state index in [-0.39, 0.29) is 0 Å². The first kappa shape index (κ1) is 13.5. The van der Waals surface area contributed by atoms with Gasteiger partial charge in [0.15, 0.2) is 0 Å². The van der Waals surface area contributed by atoms with Gasteiger partial charge in [-0.1, -0.05) is 0 Å². The van der Waals surface area contributed by atoms with Crippen LogP contribution in [0.25, 0.3) is 0 Å². The minimum Gasteiger partial charge on any atom is -0.483 e. The van der Waals surface area contributed by atoms with Gasteiger partial charge in [0, 0.05) is 19.9 Å². The van der Waals surface area contributed by atoms with Crippen LogP contribution in [-0.2, 0) is 18.4 Å². The van der Waals surface area contributed by atoms with Crippen molar-refractivity contribution in [3.8, 4) is 0 Å². The highest BCUT2D eigenvalue weighted by Crippen LogP contribution is 2.06. The van der Waals surface area contributed by atoms with Crippen molar-refractivity contribution in [2.24, 2.45) is 0 Å². The maximum absolute atomic E-state index is 10.7. The zero-order chi connectivity index (χ0) is 11.0. The fourth-order valence-corrected chi connectivity index (χ4v) is 2.47. The molecular formula is C8H15O4SSi. The molecule has 0 spiro atoms. The van der Waals surface area contributed by atoms with Crippen LogP contribution in [-0.4, -0.2) is 27.0 Å². The second kappa shape index (κ2) is 7.87. The summed E-state index contributed by atoms with van der Waals surface area (Å²) < 4.78 is 9.81. The van der Waals surface area contributed by atoms with Gasteiger partial charge in [0.25, 0.3) is 11.9 Å². The van der Waals surface area contributed by atoms with Crippen molar-refractivity contribution in [1.29, 1.82) is 0 Å². The number of thiol groups is 1. The van der Waals surface area contributed by atoms with E-state index < -0.39 is 21.2 Å². The van der Waals surface area contributed by atoms with E-state index in [1.807, 2.05) is 0 Å². The molecule has 0 N–H and O–H groups in total. The van der Waals surface area contributed by atoms with Crippen LogP contribution in [0.4, 0.5) is 0 Å². The zero-order valence-corrected chi connectivity index (χ0v) is 10.3. The van der Waals surface area contributed by atoms with Crippen molar-refractivity contribution in [3.05, 3.63) is 0 Å². The molecule has 0 saturated carbocycles. The lowest BCUT2D eigenvalue weighted by Crippen LogP contribution is -2.27. The summed E-state index contributed by atoms with van der Waals surface area (Å²) in [6, 6.07) is 0.629. The first-order valence-electron chi connectivity index (χ1n) is 4.39. The summed E-state index contributed by atoms with van der Waals surface area (Å²) in [5, 5.41) is 0. The highest BCUT2D eigenvalue weighted by molar-refractivity contribution is 7.80. The Balaban J connectivity index is 3.84. The van der Waals surface area contributed by atoms with Crippen LogP contribution in [0, 0.1) is 0 Å². The summed E-state index contributed by atoms with van der Waals surface area (Å²) in [6.45, 7) is 2.62. The largest absolute Gasteiger partial charge is 0.536 e. The zero-order valence-electron chi connectivity index (χ0n) is 8.41. The van der Waals surface area contributed by atoms with E-state index >= 15 is 0 Å². The van der Waals surface area contributed by atoms with Crippen molar-refractivity contribution < 1.29 is 18.4 Å². The van der Waals surface area contributed by atoms with Crippen LogP contribution >= 0.6 is 12.6 Å². The predicted octanol–water partition coefficient (Wildman–Crippen LogP) is 1.31. The van der Waals surface area contributed by atoms with E-state index in [1.165, 1.54) is 13.8 Å². The molecule has 0 aliphatic heterocycles. The van der Waals surface area contributed by atoms with Crippen molar-refractivity contribution in [1.82, 2.24) is 0 Å². The minimum atomic E-state index is -1.75. The monoisotopic (exact) mass is 235 g/mol. The van der Waals surface area contributed by atoms with Gasteiger partial charge in [-0.25, -0.2) is 0 Å². The van der Waals surface area contributed by atoms with Crippen LogP contribution in [0.5, 0.6) is 0 Å². The molecule has 0 unspecified atom stereocenters. The molecule has 6 heteroatoms. The van der Waals surface area contributed by atoms with E-state index in [1.54, 1.807) is 0 Å². The first-order chi connectivity index (χ1) is 6.56. The molecule has 0 fully saturated rings. The van der Waals surface area contributed by atoms with Gasteiger partial charge in [0.2, 0.25) is 0 Å². The van der Waals surface area contributed by atoms with E-state index in [4.69, 9.17) is 8.85 Å². The molecule has 81 valence electrons. The topological polar surface area (TPSA) is 52.6 Å². The van der Waals surface area contributed by atoms with Gasteiger partial charge >= 0.3 is 9.28 Å². The Kier molecular flexibility index (Phi) is 7.59. The summed E-state index contributed by atoms with van der Waals surface area (Å²) in [5.74, 6) is -0.00743. The van der Waals surface area contributed by atoms with Gasteiger partial charge in [-0.15, -0.1) is 0 Å². The third-order valence-electron chi connectivity index (χ3n) is 1.30. The average molecular weight is 235 g/mol. The fourth-order valence-electron chi connectivity index (χ4n) is 0.825. The average Bonchev–Trinajstić information content (AvgIpc) is 2.02. The lowest BCUT2D eigenvalue weighted by atomic mass is 10.4. The summed E-state index contributed by atoms with van der Waals surface area (Å²) in [6.07, 6.45) is 1.79. The number of hydrogen-bond acceptors (Lipinski definition) is 5. The third-order valence-corrected chi connectivity index (χ3v) is 3.41. The Bertz CT molecular complexity index is 182. The molecule has 0 aromatic carbocycles. The van der Waals surface area contributed by atoms with Crippen LogP contribution in [0.2, 0.25) is 6.04 Å². The molecule has 0 aliphatic carbocycles. The maximum Gasteiger partial charge on any atom is 0.536 e. The third kappa shape index (κ3) is 8.12. The van der Waals surface area contributed by atoms with Gasteiger partial charge in [-0.3, -0.25) is 9.59 Å². The summed E-state index contributed by atoms with van der Waals surface area (Å²) in [4.78, 5) is 21.3. The highest BCUT2D eigenvalue weighted by Gasteiger charge is 2.22. The molecule has 0 aromatic rings. The lowest BCUT2D eigenvalue weighted by Gasteiger charge is -2.11. The quantitative estimate of drug-likeness (QED) is 0.428. The predicted molar refractivity (Wildman–Crippen MR) is 57.2 cm³/mol. The summed E-state index contributed by atoms with van der Waals surface area (Å²) in [7, 11) is -1.75. The molecule has 1 radical (unpaired) electrons. The minimum absolute atomic E-state index is 0.397. The summed E-state index contributed by atoms with van der Waals surface area (Å²) >= 11 is 4.06. The fraction of sp³-hybridized carbons (Fsp3) is 0.750. The number of hydrogen-bond donors (Lipinski definition) is 1. The molecule has 0 atom stereocenters. The van der Waals surface area contributed by atoms with Crippen LogP contribution in [0.1, 0.15) is 26.7 Å². The van der Waals surface area contributed by atoms with Crippen molar-refractivity contribution in [2.75, 3.05) is 5.75 Å². The van der Waals surface area contributed by atoms with Crippen LogP contribution in [0.15, 0.2) is 0 Å². The molecule has 0 heterocycles. The van der Waals surface area contributed by atoms with E-state index in [0.29, 0.717) is 6.04 Å². The van der Waals surface area contributed by atoms with Crippen molar-refractivity contribution in [3.63, 3.8) is 0 Å². The number of unbranched alkanes of at least 4 members (excludes halogenated alkanes) is 1. The maximum atomic E-state index is 10.7. The Morgan fingerprint density at radius 3 is 2.00 bits per heavy atom. The van der Waals surface area contributed by atoms with Crippen molar-refractivity contribution >= 4 is 33.9 Å². The lowest BCUT2D eigenvalue weighted by molar-refractivity contribution is -0.137. The normalized spacial score (nSPS) is 10.0. The van der Waals surface area contributed by atoms with Crippen molar-refractivity contribution in [2.45, 2.75) is 32.7 Å². The van der Waals surface area contributed by atoms with Crippen LogP contribution in [0.3, 0.4) is 0 Å². The SMILES string of the molecule is CC(=O)O[Si](CCCCS)OC(C)=O. The van der Waals surface area contributed by atoms with E-state index in [0.717, 1.165) is 18.6 Å². The van der Waals surface area contributed by atoms with Gasteiger partial charge < -0.3 is 8.85 Å². The Labute approximate surface area is 91.2 Å². The smallest absolute Gasteiger partial charge is 0.483 e. The number of rotatable bonds is 6. The molecule has 14 heavy (non-hydrogen) atoms. The molecule has 0 rings (SSSR count). The number of carbonyl (C=O) groups is 2. The Morgan fingerprint density at radius 1 is 1.14 bits per heavy atom. The summed E-state index contributed by atoms with van der Waals surface area (Å²) in [5.41, 5.74) is 0. The molecule has 0 bridgehead atoms. The van der Waals surface area contributed by atoms with Gasteiger partial charge in [-0.2, -0.15) is 12.6 Å². The molecule has 0 saturated heterocycles. The molecule has 0 aliphatic rings. The second-order valence-corrected chi connectivity index (χ2v) is 4.84. The molecular weight excluding hydrogens is 220 g/mol. The Morgan fingerprint density at radius 2 is 1.64 bits per heavy atom. The van der Waals surface area contributed by atoms with Crippen LogP contribution < -0.4 is 0 Å². The first-order valence-corrected chi connectivity index (χ1v) is 6.55. The van der Waals surface area contributed by atoms with Gasteiger partial charge in [0.05, 0.1) is 0 Å². The Hall–Kier alpha value is -0.493. The van der Waals surface area contributed by atoms with E-state index in [9.17, 15) is 9.59 Å². The molecule has 0 aromatic heterocycles. The highest BCUT2D eigenvalue weighted by atomic mass is 32.1. The van der Waals surface area contributed by atoms with Gasteiger partial charge in [0.1, 0.15) is 0 Å². The van der Waals surface area contributed by atoms with Gasteiger partial charge in [-0.05, 0) is 18.6 Å².